The summed E-state index contributed by atoms with van der Waals surface area (Å²) in [7, 11) is 0. The molecular weight excluding hydrogens is 303 g/mol. The molecule has 0 bridgehead atoms. The van der Waals surface area contributed by atoms with Crippen molar-refractivity contribution in [3.63, 3.8) is 0 Å². The van der Waals surface area contributed by atoms with Gasteiger partial charge in [-0.2, -0.15) is 0 Å². The van der Waals surface area contributed by atoms with Crippen LogP contribution in [-0.4, -0.2) is 17.1 Å². The summed E-state index contributed by atoms with van der Waals surface area (Å²) in [6.07, 6.45) is 7.44. The van der Waals surface area contributed by atoms with Crippen molar-refractivity contribution >= 4 is 18.0 Å². The Morgan fingerprint density at radius 3 is 2.36 bits per heavy atom. The summed E-state index contributed by atoms with van der Waals surface area (Å²) in [5.74, 6) is 0. The first-order valence-corrected chi connectivity index (χ1v) is 8.44. The number of alkyl halides is 1. The molecule has 2 rings (SSSR count). The summed E-state index contributed by atoms with van der Waals surface area (Å²) in [6.45, 7) is 8.25. The van der Waals surface area contributed by atoms with Gasteiger partial charge in [0.2, 0.25) is 6.41 Å². The second kappa shape index (κ2) is 11.4. The zero-order valence-corrected chi connectivity index (χ0v) is 14.8. The first-order valence-electron chi connectivity index (χ1n) is 8.06. The number of hydrogen-bond acceptors (Lipinski definition) is 2. The molecule has 126 valence electrons. The lowest BCUT2D eigenvalue weighted by Gasteiger charge is -2.29. The van der Waals surface area contributed by atoms with E-state index in [1.165, 1.54) is 12.6 Å². The van der Waals surface area contributed by atoms with Crippen LogP contribution in [0.4, 0.5) is 4.39 Å². The Kier molecular flexibility index (Phi) is 10.8. The van der Waals surface area contributed by atoms with Crippen LogP contribution in [0.25, 0.3) is 0 Å². The Balaban J connectivity index is 0.000000789. The highest BCUT2D eigenvalue weighted by atomic mass is 35.5. The quantitative estimate of drug-likeness (QED) is 0.766. The van der Waals surface area contributed by atoms with Crippen LogP contribution in [-0.2, 0) is 4.79 Å². The zero-order valence-electron chi connectivity index (χ0n) is 14.0. The third-order valence-electron chi connectivity index (χ3n) is 3.25. The van der Waals surface area contributed by atoms with E-state index in [-0.39, 0.29) is 0 Å². The van der Waals surface area contributed by atoms with Crippen molar-refractivity contribution in [1.29, 1.82) is 0 Å². The molecule has 1 aromatic rings. The van der Waals surface area contributed by atoms with Gasteiger partial charge in [-0.25, -0.2) is 4.39 Å². The van der Waals surface area contributed by atoms with E-state index in [1.807, 2.05) is 13.8 Å². The van der Waals surface area contributed by atoms with Crippen molar-refractivity contribution in [2.75, 3.05) is 0 Å². The topological polar surface area (TPSA) is 42.0 Å². The van der Waals surface area contributed by atoms with Gasteiger partial charge in [-0.1, -0.05) is 58.6 Å². The lowest BCUT2D eigenvalue weighted by molar-refractivity contribution is -0.111. The van der Waals surface area contributed by atoms with Gasteiger partial charge >= 0.3 is 0 Å². The largest absolute Gasteiger partial charge is 0.349 e. The maximum absolute atomic E-state index is 14.7. The molecule has 3 nitrogen and oxygen atoms in total. The van der Waals surface area contributed by atoms with Gasteiger partial charge in [0, 0.05) is 12.4 Å². The molecule has 1 aliphatic carbocycles. The number of nitrogens with one attached hydrogen (secondary N) is 1. The van der Waals surface area contributed by atoms with Crippen LogP contribution in [0.15, 0.2) is 18.5 Å². The molecule has 1 atom stereocenters. The minimum absolute atomic E-state index is 0.446. The molecular formula is C17H28ClFN2O. The summed E-state index contributed by atoms with van der Waals surface area (Å²) in [6, 6.07) is 0.990. The molecule has 1 saturated carbocycles. The molecule has 1 aromatic heterocycles. The number of rotatable bonds is 4. The minimum atomic E-state index is -1.38. The molecule has 1 amide bonds. The van der Waals surface area contributed by atoms with E-state index < -0.39 is 11.7 Å². The molecule has 1 aliphatic rings. The average molecular weight is 331 g/mol. The molecule has 5 heteroatoms. The van der Waals surface area contributed by atoms with Crippen LogP contribution in [0.5, 0.6) is 0 Å². The highest BCUT2D eigenvalue weighted by molar-refractivity contribution is 6.30. The average Bonchev–Trinajstić information content (AvgIpc) is 2.95. The SMILES string of the molecule is CC.CCC.O=CN[C@H](c1cncc(Cl)c1)C1(F)CCCC1. The molecule has 0 radical (unpaired) electrons. The first kappa shape index (κ1) is 20.8. The fourth-order valence-corrected chi connectivity index (χ4v) is 2.63. The van der Waals surface area contributed by atoms with Gasteiger partial charge < -0.3 is 5.32 Å². The van der Waals surface area contributed by atoms with Crippen LogP contribution in [0.2, 0.25) is 5.02 Å². The predicted molar refractivity (Wildman–Crippen MR) is 90.8 cm³/mol. The monoisotopic (exact) mass is 330 g/mol. The highest BCUT2D eigenvalue weighted by Crippen LogP contribution is 2.43. The van der Waals surface area contributed by atoms with Gasteiger partial charge in [-0.15, -0.1) is 0 Å². The van der Waals surface area contributed by atoms with Gasteiger partial charge in [0.05, 0.1) is 11.1 Å². The zero-order chi connectivity index (χ0) is 17.0. The van der Waals surface area contributed by atoms with E-state index in [9.17, 15) is 9.18 Å². The normalized spacial score (nSPS) is 16.5. The van der Waals surface area contributed by atoms with Crippen LogP contribution >= 0.6 is 11.6 Å². The van der Waals surface area contributed by atoms with E-state index in [0.29, 0.717) is 29.8 Å². The fourth-order valence-electron chi connectivity index (χ4n) is 2.45. The fraction of sp³-hybridized carbons (Fsp3) is 0.647. The summed E-state index contributed by atoms with van der Waals surface area (Å²) >= 11 is 5.84. The van der Waals surface area contributed by atoms with Gasteiger partial charge in [0.25, 0.3) is 0 Å². The van der Waals surface area contributed by atoms with Crippen LogP contribution in [0.3, 0.4) is 0 Å². The molecule has 0 saturated heterocycles. The Morgan fingerprint density at radius 1 is 1.36 bits per heavy atom. The van der Waals surface area contributed by atoms with E-state index in [1.54, 1.807) is 12.3 Å². The lowest BCUT2D eigenvalue weighted by Crippen LogP contribution is -2.38. The number of halogens is 2. The van der Waals surface area contributed by atoms with Crippen LogP contribution in [0, 0.1) is 0 Å². The van der Waals surface area contributed by atoms with Gasteiger partial charge in [0.15, 0.2) is 0 Å². The van der Waals surface area contributed by atoms with E-state index in [0.717, 1.165) is 12.8 Å². The van der Waals surface area contributed by atoms with E-state index in [4.69, 9.17) is 11.6 Å². The number of carbonyl (C=O) groups excluding carboxylic acids is 1. The first-order chi connectivity index (χ1) is 10.6. The number of nitrogens with zero attached hydrogens (tertiary/aromatic N) is 1. The summed E-state index contributed by atoms with van der Waals surface area (Å²) in [4.78, 5) is 14.6. The predicted octanol–water partition coefficient (Wildman–Crippen LogP) is 5.25. The van der Waals surface area contributed by atoms with Gasteiger partial charge in [-0.3, -0.25) is 9.78 Å². The van der Waals surface area contributed by atoms with Crippen molar-refractivity contribution < 1.29 is 9.18 Å². The number of carbonyl (C=O) groups is 1. The maximum Gasteiger partial charge on any atom is 0.207 e. The van der Waals surface area contributed by atoms with Crippen molar-refractivity contribution in [2.24, 2.45) is 0 Å². The Labute approximate surface area is 138 Å². The number of hydrogen-bond donors (Lipinski definition) is 1. The highest BCUT2D eigenvalue weighted by Gasteiger charge is 2.42. The smallest absolute Gasteiger partial charge is 0.207 e. The van der Waals surface area contributed by atoms with Crippen molar-refractivity contribution in [3.8, 4) is 0 Å². The maximum atomic E-state index is 14.7. The molecule has 1 heterocycles. The number of amides is 1. The number of aromatic nitrogens is 1. The molecule has 0 unspecified atom stereocenters. The summed E-state index contributed by atoms with van der Waals surface area (Å²) in [5.41, 5.74) is -0.762. The van der Waals surface area contributed by atoms with Crippen LogP contribution in [0.1, 0.15) is 71.4 Å². The van der Waals surface area contributed by atoms with E-state index in [2.05, 4.69) is 24.1 Å². The molecule has 0 aromatic carbocycles. The van der Waals surface area contributed by atoms with E-state index >= 15 is 0 Å². The third kappa shape index (κ3) is 6.30. The second-order valence-corrected chi connectivity index (χ2v) is 5.54. The Bertz CT molecular complexity index is 423. The summed E-state index contributed by atoms with van der Waals surface area (Å²) in [5, 5.41) is 3.00. The van der Waals surface area contributed by atoms with Gasteiger partial charge in [-0.05, 0) is 24.5 Å². The van der Waals surface area contributed by atoms with Crippen molar-refractivity contribution in [2.45, 2.75) is 71.5 Å². The molecule has 1 N–H and O–H groups in total. The van der Waals surface area contributed by atoms with Crippen molar-refractivity contribution in [1.82, 2.24) is 10.3 Å². The molecule has 0 spiro atoms. The third-order valence-corrected chi connectivity index (χ3v) is 3.45. The minimum Gasteiger partial charge on any atom is -0.349 e. The Morgan fingerprint density at radius 2 is 1.91 bits per heavy atom. The second-order valence-electron chi connectivity index (χ2n) is 5.10. The molecule has 0 aliphatic heterocycles. The standard InChI is InChI=1S/C12H14ClFN2O.C3H8.C2H6/c13-10-5-9(6-15-7-10)11(16-8-17)12(14)3-1-2-4-12;1-3-2;1-2/h5-8,11H,1-4H2,(H,16,17);3H2,1-2H3;1-2H3/t11-;;/m1../s1. The molecule has 22 heavy (non-hydrogen) atoms. The van der Waals surface area contributed by atoms with Gasteiger partial charge in [0.1, 0.15) is 5.67 Å². The summed E-state index contributed by atoms with van der Waals surface area (Å²) < 4.78 is 14.7. The van der Waals surface area contributed by atoms with Crippen molar-refractivity contribution in [3.05, 3.63) is 29.0 Å². The Hall–Kier alpha value is -1.16. The van der Waals surface area contributed by atoms with Crippen LogP contribution < -0.4 is 5.32 Å². The lowest BCUT2D eigenvalue weighted by atomic mass is 9.89. The number of pyridine rings is 1. The molecule has 1 fully saturated rings.